The van der Waals surface area contributed by atoms with Crippen LogP contribution in [0.4, 0.5) is 4.39 Å². The van der Waals surface area contributed by atoms with E-state index < -0.39 is 21.7 Å². The molecule has 158 valence electrons. The normalized spacial score (nSPS) is 11.6. The van der Waals surface area contributed by atoms with Crippen LogP contribution < -0.4 is 15.5 Å². The summed E-state index contributed by atoms with van der Waals surface area (Å²) in [6.07, 6.45) is 0. The van der Waals surface area contributed by atoms with Gasteiger partial charge in [0, 0.05) is 40.5 Å². The van der Waals surface area contributed by atoms with E-state index in [9.17, 15) is 22.4 Å². The van der Waals surface area contributed by atoms with Crippen molar-refractivity contribution < 1.29 is 17.6 Å². The van der Waals surface area contributed by atoms with Gasteiger partial charge in [-0.2, -0.15) is 0 Å². The van der Waals surface area contributed by atoms with Gasteiger partial charge in [-0.1, -0.05) is 18.2 Å². The van der Waals surface area contributed by atoms with Crippen LogP contribution in [-0.4, -0.2) is 32.4 Å². The molecule has 0 atom stereocenters. The summed E-state index contributed by atoms with van der Waals surface area (Å²) in [7, 11) is -3.66. The van der Waals surface area contributed by atoms with E-state index in [1.165, 1.54) is 30.3 Å². The molecule has 1 amide bonds. The van der Waals surface area contributed by atoms with E-state index in [2.05, 4.69) is 15.0 Å². The van der Waals surface area contributed by atoms with E-state index in [4.69, 9.17) is 0 Å². The molecule has 7 nitrogen and oxygen atoms in total. The summed E-state index contributed by atoms with van der Waals surface area (Å²) in [5, 5.41) is 3.07. The van der Waals surface area contributed by atoms with Gasteiger partial charge in [0.15, 0.2) is 5.43 Å². The summed E-state index contributed by atoms with van der Waals surface area (Å²) in [4.78, 5) is 28.4. The number of hydrogen-bond donors (Lipinski definition) is 3. The topological polar surface area (TPSA) is 108 Å². The quantitative estimate of drug-likeness (QED) is 0.317. The molecule has 3 aromatic carbocycles. The maximum Gasteiger partial charge on any atom is 0.251 e. The van der Waals surface area contributed by atoms with Crippen LogP contribution in [0.25, 0.3) is 21.8 Å². The van der Waals surface area contributed by atoms with Gasteiger partial charge in [-0.15, -0.1) is 0 Å². The van der Waals surface area contributed by atoms with Gasteiger partial charge in [-0.25, -0.2) is 17.5 Å². The third kappa shape index (κ3) is 4.32. The molecule has 9 heteroatoms. The van der Waals surface area contributed by atoms with Crippen LogP contribution in [0.5, 0.6) is 0 Å². The molecule has 0 saturated heterocycles. The average Bonchev–Trinajstić information content (AvgIpc) is 2.78. The molecular weight excluding hydrogens is 421 g/mol. The highest BCUT2D eigenvalue weighted by Gasteiger charge is 2.14. The van der Waals surface area contributed by atoms with Crippen molar-refractivity contribution in [2.75, 3.05) is 13.1 Å². The van der Waals surface area contributed by atoms with E-state index in [1.54, 1.807) is 30.3 Å². The summed E-state index contributed by atoms with van der Waals surface area (Å²) in [6.45, 7) is 0.0588. The molecule has 0 bridgehead atoms. The van der Waals surface area contributed by atoms with Crippen LogP contribution in [0.2, 0.25) is 0 Å². The zero-order valence-electron chi connectivity index (χ0n) is 16.2. The second kappa shape index (κ2) is 8.29. The number of H-pyrrole nitrogens is 1. The molecule has 0 fully saturated rings. The Morgan fingerprint density at radius 2 is 1.58 bits per heavy atom. The Labute approximate surface area is 177 Å². The van der Waals surface area contributed by atoms with Gasteiger partial charge in [0.2, 0.25) is 10.0 Å². The fourth-order valence-corrected chi connectivity index (χ4v) is 4.29. The SMILES string of the molecule is O=C(NCCNS(=O)(=O)c1ccccc1)c1ccc2[nH]c3ccc(F)cc3c(=O)c2c1. The molecule has 4 rings (SSSR count). The van der Waals surface area contributed by atoms with Crippen molar-refractivity contribution in [3.05, 3.63) is 88.3 Å². The molecule has 0 saturated carbocycles. The Bertz CT molecular complexity index is 1450. The molecule has 3 N–H and O–H groups in total. The minimum Gasteiger partial charge on any atom is -0.354 e. The van der Waals surface area contributed by atoms with Crippen LogP contribution >= 0.6 is 0 Å². The molecule has 31 heavy (non-hydrogen) atoms. The summed E-state index contributed by atoms with van der Waals surface area (Å²) < 4.78 is 40.3. The lowest BCUT2D eigenvalue weighted by atomic mass is 10.1. The van der Waals surface area contributed by atoms with Gasteiger partial charge >= 0.3 is 0 Å². The molecule has 0 spiro atoms. The fraction of sp³-hybridized carbons (Fsp3) is 0.0909. The number of carbonyl (C=O) groups is 1. The highest BCUT2D eigenvalue weighted by atomic mass is 32.2. The van der Waals surface area contributed by atoms with Crippen LogP contribution in [0.3, 0.4) is 0 Å². The van der Waals surface area contributed by atoms with Gasteiger partial charge in [0.25, 0.3) is 5.91 Å². The third-order valence-corrected chi connectivity index (χ3v) is 6.26. The number of halogens is 1. The average molecular weight is 439 g/mol. The van der Waals surface area contributed by atoms with Gasteiger partial charge < -0.3 is 10.3 Å². The maximum atomic E-state index is 13.5. The van der Waals surface area contributed by atoms with E-state index in [1.807, 2.05) is 0 Å². The summed E-state index contributed by atoms with van der Waals surface area (Å²) in [5.41, 5.74) is 0.881. The minimum absolute atomic E-state index is 0.00104. The van der Waals surface area contributed by atoms with Crippen molar-refractivity contribution in [1.29, 1.82) is 0 Å². The molecule has 1 aromatic heterocycles. The molecule has 0 aliphatic heterocycles. The molecule has 1 heterocycles. The van der Waals surface area contributed by atoms with Gasteiger partial charge in [-0.05, 0) is 48.5 Å². The van der Waals surface area contributed by atoms with Gasteiger partial charge in [-0.3, -0.25) is 9.59 Å². The number of fused-ring (bicyclic) bond motifs is 2. The third-order valence-electron chi connectivity index (χ3n) is 4.78. The summed E-state index contributed by atoms with van der Waals surface area (Å²) in [5.74, 6) is -0.983. The number of hydrogen-bond acceptors (Lipinski definition) is 4. The highest BCUT2D eigenvalue weighted by molar-refractivity contribution is 7.89. The zero-order valence-corrected chi connectivity index (χ0v) is 17.0. The van der Waals surface area contributed by atoms with E-state index in [-0.39, 0.29) is 39.7 Å². The van der Waals surface area contributed by atoms with Crippen LogP contribution in [-0.2, 0) is 10.0 Å². The number of aromatic nitrogens is 1. The second-order valence-electron chi connectivity index (χ2n) is 6.87. The van der Waals surface area contributed by atoms with Crippen LogP contribution in [0.1, 0.15) is 10.4 Å². The van der Waals surface area contributed by atoms with E-state index in [0.717, 1.165) is 6.07 Å². The van der Waals surface area contributed by atoms with Crippen LogP contribution in [0.15, 0.2) is 76.4 Å². The zero-order chi connectivity index (χ0) is 22.0. The monoisotopic (exact) mass is 439 g/mol. The predicted molar refractivity (Wildman–Crippen MR) is 116 cm³/mol. The second-order valence-corrected chi connectivity index (χ2v) is 8.64. The number of nitrogens with one attached hydrogen (secondary N) is 3. The molecule has 0 aliphatic rings. The molecule has 0 unspecified atom stereocenters. The molecular formula is C22H18FN3O4S. The van der Waals surface area contributed by atoms with Crippen molar-refractivity contribution in [3.8, 4) is 0 Å². The Morgan fingerprint density at radius 3 is 2.32 bits per heavy atom. The van der Waals surface area contributed by atoms with Gasteiger partial charge in [0.05, 0.1) is 4.90 Å². The first-order valence-corrected chi connectivity index (χ1v) is 10.9. The molecule has 0 aliphatic carbocycles. The van der Waals surface area contributed by atoms with Crippen molar-refractivity contribution in [1.82, 2.24) is 15.0 Å². The number of carbonyl (C=O) groups excluding carboxylic acids is 1. The Kier molecular flexibility index (Phi) is 5.53. The van der Waals surface area contributed by atoms with E-state index in [0.29, 0.717) is 11.0 Å². The number of pyridine rings is 1. The molecule has 4 aromatic rings. The highest BCUT2D eigenvalue weighted by Crippen LogP contribution is 2.17. The molecule has 0 radical (unpaired) electrons. The van der Waals surface area contributed by atoms with Crippen molar-refractivity contribution in [2.24, 2.45) is 0 Å². The Hall–Kier alpha value is -3.56. The smallest absolute Gasteiger partial charge is 0.251 e. The fourth-order valence-electron chi connectivity index (χ4n) is 3.23. The standard InChI is InChI=1S/C22H18FN3O4S/c23-15-7-9-20-18(13-15)21(27)17-12-14(6-8-19(17)26-20)22(28)24-10-11-25-31(29,30)16-4-2-1-3-5-16/h1-9,12-13,25H,10-11H2,(H,24,28)(H,26,27). The van der Waals surface area contributed by atoms with Crippen molar-refractivity contribution in [3.63, 3.8) is 0 Å². The van der Waals surface area contributed by atoms with Crippen LogP contribution in [0, 0.1) is 5.82 Å². The number of sulfonamides is 1. The number of rotatable bonds is 6. The number of benzene rings is 3. The Morgan fingerprint density at radius 1 is 0.903 bits per heavy atom. The predicted octanol–water partition coefficient (Wildman–Crippen LogP) is 2.53. The largest absolute Gasteiger partial charge is 0.354 e. The summed E-state index contributed by atoms with van der Waals surface area (Å²) >= 11 is 0. The first-order chi connectivity index (χ1) is 14.8. The van der Waals surface area contributed by atoms with E-state index >= 15 is 0 Å². The Balaban J connectivity index is 1.47. The lowest BCUT2D eigenvalue weighted by molar-refractivity contribution is 0.0954. The van der Waals surface area contributed by atoms with Gasteiger partial charge in [0.1, 0.15) is 5.82 Å². The number of aromatic amines is 1. The lowest BCUT2D eigenvalue weighted by Gasteiger charge is -2.09. The first-order valence-electron chi connectivity index (χ1n) is 9.43. The van der Waals surface area contributed by atoms with Crippen molar-refractivity contribution in [2.45, 2.75) is 4.90 Å². The minimum atomic E-state index is -3.66. The number of amides is 1. The van der Waals surface area contributed by atoms with Crippen molar-refractivity contribution >= 4 is 37.7 Å². The summed E-state index contributed by atoms with van der Waals surface area (Å²) in [6, 6.07) is 16.4. The first kappa shape index (κ1) is 20.7. The maximum absolute atomic E-state index is 13.5. The lowest BCUT2D eigenvalue weighted by Crippen LogP contribution is -2.34.